The first-order valence-electron chi connectivity index (χ1n) is 5.60. The maximum absolute atomic E-state index is 12.3. The Hall–Kier alpha value is -1.07. The molecule has 1 aromatic rings. The Labute approximate surface area is 105 Å². The second kappa shape index (κ2) is 5.06. The summed E-state index contributed by atoms with van der Waals surface area (Å²) in [5, 5.41) is 4.00. The van der Waals surface area contributed by atoms with Gasteiger partial charge in [0.15, 0.2) is 0 Å². The highest BCUT2D eigenvalue weighted by Crippen LogP contribution is 2.15. The molecule has 0 spiro atoms. The van der Waals surface area contributed by atoms with Crippen LogP contribution in [-0.4, -0.2) is 51.8 Å². The van der Waals surface area contributed by atoms with E-state index in [0.717, 1.165) is 0 Å². The monoisotopic (exact) mass is 257 g/mol. The number of carbonyl (C=O) groups is 1. The molecule has 2 atom stereocenters. The van der Waals surface area contributed by atoms with Crippen LogP contribution in [-0.2, 0) is 11.8 Å². The van der Waals surface area contributed by atoms with Gasteiger partial charge < -0.3 is 9.64 Å². The Kier molecular flexibility index (Phi) is 3.69. The zero-order valence-corrected chi connectivity index (χ0v) is 10.7. The number of halogens is 1. The molecular formula is C11H16ClN3O2. The Balaban J connectivity index is 2.11. The number of hydrogen-bond acceptors (Lipinski definition) is 3. The molecule has 5 nitrogen and oxygen atoms in total. The molecule has 1 aliphatic rings. The molecule has 6 heteroatoms. The van der Waals surface area contributed by atoms with Gasteiger partial charge in [0.1, 0.15) is 5.69 Å². The van der Waals surface area contributed by atoms with Crippen LogP contribution in [0.2, 0.25) is 0 Å². The molecule has 94 valence electrons. The molecule has 2 rings (SSSR count). The molecule has 0 N–H and O–H groups in total. The molecule has 2 unspecified atom stereocenters. The van der Waals surface area contributed by atoms with Gasteiger partial charge in [-0.2, -0.15) is 5.10 Å². The van der Waals surface area contributed by atoms with Crippen molar-refractivity contribution in [2.24, 2.45) is 7.05 Å². The summed E-state index contributed by atoms with van der Waals surface area (Å²) in [5.41, 5.74) is 0.590. The third-order valence-electron chi connectivity index (χ3n) is 2.83. The van der Waals surface area contributed by atoms with Crippen LogP contribution >= 0.6 is 11.6 Å². The highest BCUT2D eigenvalue weighted by atomic mass is 35.5. The van der Waals surface area contributed by atoms with Crippen LogP contribution in [0.3, 0.4) is 0 Å². The van der Waals surface area contributed by atoms with Gasteiger partial charge in [-0.3, -0.25) is 9.48 Å². The van der Waals surface area contributed by atoms with Gasteiger partial charge in [0.2, 0.25) is 0 Å². The van der Waals surface area contributed by atoms with Crippen molar-refractivity contribution >= 4 is 17.5 Å². The van der Waals surface area contributed by atoms with Crippen molar-refractivity contribution < 1.29 is 9.53 Å². The normalized spacial score (nSPS) is 25.0. The SMILES string of the molecule is CC1CN(C(=O)c2ccnn2C)CC(CCl)O1. The molecule has 0 saturated carbocycles. The van der Waals surface area contributed by atoms with E-state index in [4.69, 9.17) is 16.3 Å². The second-order valence-electron chi connectivity index (χ2n) is 4.27. The molecule has 1 saturated heterocycles. The zero-order valence-electron chi connectivity index (χ0n) is 9.97. The lowest BCUT2D eigenvalue weighted by atomic mass is 10.2. The largest absolute Gasteiger partial charge is 0.370 e. The number of ether oxygens (including phenoxy) is 1. The fraction of sp³-hybridized carbons (Fsp3) is 0.636. The van der Waals surface area contributed by atoms with Gasteiger partial charge in [0.25, 0.3) is 5.91 Å². The molecule has 1 aliphatic heterocycles. The molecule has 2 heterocycles. The van der Waals surface area contributed by atoms with Crippen LogP contribution < -0.4 is 0 Å². The molecule has 1 fully saturated rings. The maximum Gasteiger partial charge on any atom is 0.272 e. The number of aryl methyl sites for hydroxylation is 1. The van der Waals surface area contributed by atoms with E-state index in [-0.39, 0.29) is 18.1 Å². The van der Waals surface area contributed by atoms with E-state index >= 15 is 0 Å². The first-order valence-corrected chi connectivity index (χ1v) is 6.14. The van der Waals surface area contributed by atoms with Crippen molar-refractivity contribution in [3.8, 4) is 0 Å². The summed E-state index contributed by atoms with van der Waals surface area (Å²) in [7, 11) is 1.76. The van der Waals surface area contributed by atoms with E-state index in [0.29, 0.717) is 24.7 Å². The Bertz CT molecular complexity index is 407. The predicted octanol–water partition coefficient (Wildman–Crippen LogP) is 0.888. The van der Waals surface area contributed by atoms with Crippen molar-refractivity contribution in [1.82, 2.24) is 14.7 Å². The number of nitrogens with zero attached hydrogens (tertiary/aromatic N) is 3. The Morgan fingerprint density at radius 1 is 1.65 bits per heavy atom. The summed E-state index contributed by atoms with van der Waals surface area (Å²) in [6.45, 7) is 3.08. The number of aromatic nitrogens is 2. The van der Waals surface area contributed by atoms with Crippen LogP contribution in [0.4, 0.5) is 0 Å². The Morgan fingerprint density at radius 3 is 3.00 bits per heavy atom. The van der Waals surface area contributed by atoms with Crippen molar-refractivity contribution in [1.29, 1.82) is 0 Å². The van der Waals surface area contributed by atoms with Crippen LogP contribution in [0, 0.1) is 0 Å². The third kappa shape index (κ3) is 2.61. The molecule has 1 amide bonds. The van der Waals surface area contributed by atoms with Gasteiger partial charge in [0, 0.05) is 26.3 Å². The minimum Gasteiger partial charge on any atom is -0.370 e. The van der Waals surface area contributed by atoms with Gasteiger partial charge in [-0.15, -0.1) is 11.6 Å². The van der Waals surface area contributed by atoms with E-state index in [1.54, 1.807) is 28.9 Å². The lowest BCUT2D eigenvalue weighted by Crippen LogP contribution is -2.50. The number of amides is 1. The topological polar surface area (TPSA) is 47.4 Å². The third-order valence-corrected chi connectivity index (χ3v) is 3.17. The quantitative estimate of drug-likeness (QED) is 0.740. The fourth-order valence-corrected chi connectivity index (χ4v) is 2.21. The van der Waals surface area contributed by atoms with Crippen LogP contribution in [0.25, 0.3) is 0 Å². The van der Waals surface area contributed by atoms with E-state index < -0.39 is 0 Å². The smallest absolute Gasteiger partial charge is 0.272 e. The fourth-order valence-electron chi connectivity index (χ4n) is 2.04. The van der Waals surface area contributed by atoms with Gasteiger partial charge in [-0.1, -0.05) is 0 Å². The average molecular weight is 258 g/mol. The Morgan fingerprint density at radius 2 is 2.41 bits per heavy atom. The minimum atomic E-state index is -0.0856. The molecule has 0 radical (unpaired) electrons. The molecule has 17 heavy (non-hydrogen) atoms. The first-order chi connectivity index (χ1) is 8.11. The van der Waals surface area contributed by atoms with Crippen molar-refractivity contribution in [2.45, 2.75) is 19.1 Å². The lowest BCUT2D eigenvalue weighted by molar-refractivity contribution is -0.0572. The number of carbonyl (C=O) groups excluding carboxylic acids is 1. The van der Waals surface area contributed by atoms with E-state index in [9.17, 15) is 4.79 Å². The maximum atomic E-state index is 12.3. The summed E-state index contributed by atoms with van der Waals surface area (Å²) >= 11 is 5.79. The van der Waals surface area contributed by atoms with Crippen molar-refractivity contribution in [3.05, 3.63) is 18.0 Å². The van der Waals surface area contributed by atoms with Gasteiger partial charge in [-0.05, 0) is 13.0 Å². The first kappa shape index (κ1) is 12.4. The van der Waals surface area contributed by atoms with Gasteiger partial charge in [-0.25, -0.2) is 0 Å². The van der Waals surface area contributed by atoms with E-state index in [2.05, 4.69) is 5.10 Å². The van der Waals surface area contributed by atoms with Crippen molar-refractivity contribution in [3.63, 3.8) is 0 Å². The van der Waals surface area contributed by atoms with E-state index in [1.807, 2.05) is 6.92 Å². The molecule has 1 aromatic heterocycles. The van der Waals surface area contributed by atoms with E-state index in [1.165, 1.54) is 0 Å². The molecule has 0 bridgehead atoms. The average Bonchev–Trinajstić information content (AvgIpc) is 2.73. The molecule has 0 aromatic carbocycles. The summed E-state index contributed by atoms with van der Waals surface area (Å²) in [6, 6.07) is 1.72. The van der Waals surface area contributed by atoms with Crippen LogP contribution in [0.5, 0.6) is 0 Å². The number of morpholine rings is 1. The number of rotatable bonds is 2. The van der Waals surface area contributed by atoms with Gasteiger partial charge in [0.05, 0.1) is 18.1 Å². The minimum absolute atomic E-state index is 0.0182. The number of hydrogen-bond donors (Lipinski definition) is 0. The van der Waals surface area contributed by atoms with Crippen LogP contribution in [0.15, 0.2) is 12.3 Å². The zero-order chi connectivity index (χ0) is 12.4. The summed E-state index contributed by atoms with van der Waals surface area (Å²) < 4.78 is 7.20. The highest BCUT2D eigenvalue weighted by Gasteiger charge is 2.29. The standard InChI is InChI=1S/C11H16ClN3O2/c1-8-6-15(7-9(5-12)17-8)11(16)10-3-4-13-14(10)2/h3-4,8-9H,5-7H2,1-2H3. The molecular weight excluding hydrogens is 242 g/mol. The summed E-state index contributed by atoms with van der Waals surface area (Å²) in [4.78, 5) is 14.0. The molecule has 0 aliphatic carbocycles. The predicted molar refractivity (Wildman–Crippen MR) is 64.2 cm³/mol. The van der Waals surface area contributed by atoms with Crippen molar-refractivity contribution in [2.75, 3.05) is 19.0 Å². The summed E-state index contributed by atoms with van der Waals surface area (Å²) in [5.74, 6) is 0.384. The second-order valence-corrected chi connectivity index (χ2v) is 4.58. The van der Waals surface area contributed by atoms with Gasteiger partial charge >= 0.3 is 0 Å². The lowest BCUT2D eigenvalue weighted by Gasteiger charge is -2.36. The summed E-state index contributed by atoms with van der Waals surface area (Å²) in [6.07, 6.45) is 1.55. The van der Waals surface area contributed by atoms with Crippen LogP contribution in [0.1, 0.15) is 17.4 Å². The number of alkyl halides is 1. The highest BCUT2D eigenvalue weighted by molar-refractivity contribution is 6.18.